The molecule has 1 N–H and O–H groups in total. The van der Waals surface area contributed by atoms with Crippen LogP contribution in [0.5, 0.6) is 0 Å². The zero-order valence-corrected chi connectivity index (χ0v) is 8.13. The van der Waals surface area contributed by atoms with Crippen LogP contribution in [-0.4, -0.2) is 39.6 Å². The lowest BCUT2D eigenvalue weighted by atomic mass is 10.5. The number of methoxy groups -OCH3 is 1. The van der Waals surface area contributed by atoms with E-state index in [-0.39, 0.29) is 6.10 Å². The minimum atomic E-state index is 0.283. The van der Waals surface area contributed by atoms with Crippen LogP contribution in [0.1, 0.15) is 13.8 Å². The van der Waals surface area contributed by atoms with Crippen molar-refractivity contribution in [1.82, 2.24) is 5.48 Å². The summed E-state index contributed by atoms with van der Waals surface area (Å²) in [5.74, 6) is 0. The summed E-state index contributed by atoms with van der Waals surface area (Å²) in [4.78, 5) is 5.00. The van der Waals surface area contributed by atoms with Gasteiger partial charge in [-0.05, 0) is 13.8 Å². The Kier molecular flexibility index (Phi) is 8.81. The van der Waals surface area contributed by atoms with Gasteiger partial charge in [0.25, 0.3) is 0 Å². The summed E-state index contributed by atoms with van der Waals surface area (Å²) in [5, 5.41) is 0. The molecule has 0 aliphatic heterocycles. The molecule has 0 aliphatic carbocycles. The third-order valence-electron chi connectivity index (χ3n) is 1.15. The lowest BCUT2D eigenvalue weighted by Crippen LogP contribution is -2.23. The minimum Gasteiger partial charge on any atom is -0.382 e. The molecule has 0 aromatic carbocycles. The van der Waals surface area contributed by atoms with Crippen molar-refractivity contribution in [3.8, 4) is 0 Å². The van der Waals surface area contributed by atoms with Gasteiger partial charge >= 0.3 is 0 Å². The highest BCUT2D eigenvalue weighted by molar-refractivity contribution is 4.38. The molecule has 0 saturated carbocycles. The topological polar surface area (TPSA) is 39.7 Å². The van der Waals surface area contributed by atoms with Gasteiger partial charge in [0.2, 0.25) is 0 Å². The zero-order chi connectivity index (χ0) is 9.23. The fourth-order valence-corrected chi connectivity index (χ4v) is 0.606. The van der Waals surface area contributed by atoms with Crippen LogP contribution >= 0.6 is 0 Å². The van der Waals surface area contributed by atoms with Gasteiger partial charge in [-0.15, -0.1) is 0 Å². The summed E-state index contributed by atoms with van der Waals surface area (Å²) < 4.78 is 10.1. The Morgan fingerprint density at radius 2 is 1.92 bits per heavy atom. The van der Waals surface area contributed by atoms with Crippen molar-refractivity contribution >= 4 is 0 Å². The van der Waals surface area contributed by atoms with E-state index in [1.807, 2.05) is 13.8 Å². The Balaban J connectivity index is 2.82. The Morgan fingerprint density at radius 3 is 2.50 bits per heavy atom. The van der Waals surface area contributed by atoms with E-state index in [1.54, 1.807) is 7.11 Å². The molecule has 0 atom stereocenters. The van der Waals surface area contributed by atoms with Crippen molar-refractivity contribution in [2.45, 2.75) is 20.0 Å². The third-order valence-corrected chi connectivity index (χ3v) is 1.15. The minimum absolute atomic E-state index is 0.283. The molecule has 0 unspecified atom stereocenters. The van der Waals surface area contributed by atoms with E-state index in [9.17, 15) is 0 Å². The van der Waals surface area contributed by atoms with Crippen molar-refractivity contribution in [3.63, 3.8) is 0 Å². The monoisotopic (exact) mass is 177 g/mol. The van der Waals surface area contributed by atoms with Crippen molar-refractivity contribution in [3.05, 3.63) is 0 Å². The summed E-state index contributed by atoms with van der Waals surface area (Å²) >= 11 is 0. The quantitative estimate of drug-likeness (QED) is 0.435. The number of hydroxylamine groups is 1. The number of hydrogen-bond acceptors (Lipinski definition) is 4. The molecule has 0 aromatic rings. The fourth-order valence-electron chi connectivity index (χ4n) is 0.606. The zero-order valence-electron chi connectivity index (χ0n) is 8.13. The van der Waals surface area contributed by atoms with E-state index in [2.05, 4.69) is 5.48 Å². The normalized spacial score (nSPS) is 11.0. The maximum absolute atomic E-state index is 5.27. The van der Waals surface area contributed by atoms with Gasteiger partial charge in [-0.1, -0.05) is 0 Å². The first-order chi connectivity index (χ1) is 5.77. The van der Waals surface area contributed by atoms with Gasteiger partial charge in [-0.2, -0.15) is 0 Å². The highest BCUT2D eigenvalue weighted by Crippen LogP contribution is 1.84. The molecule has 0 aliphatic rings. The lowest BCUT2D eigenvalue weighted by Gasteiger charge is -2.08. The molecule has 0 amide bonds. The van der Waals surface area contributed by atoms with Crippen molar-refractivity contribution in [2.24, 2.45) is 0 Å². The van der Waals surface area contributed by atoms with Gasteiger partial charge in [0.05, 0.1) is 25.9 Å². The molecule has 0 spiro atoms. The van der Waals surface area contributed by atoms with Crippen LogP contribution in [0.4, 0.5) is 0 Å². The SMILES string of the molecule is COCCONCCOC(C)C. The van der Waals surface area contributed by atoms with E-state index in [1.165, 1.54) is 0 Å². The fraction of sp³-hybridized carbons (Fsp3) is 1.00. The summed E-state index contributed by atoms with van der Waals surface area (Å²) in [6.45, 7) is 6.57. The summed E-state index contributed by atoms with van der Waals surface area (Å²) in [6.07, 6.45) is 0.283. The average molecular weight is 177 g/mol. The summed E-state index contributed by atoms with van der Waals surface area (Å²) in [5.41, 5.74) is 2.77. The second-order valence-corrected chi connectivity index (χ2v) is 2.66. The van der Waals surface area contributed by atoms with Gasteiger partial charge in [0, 0.05) is 13.7 Å². The summed E-state index contributed by atoms with van der Waals surface area (Å²) in [7, 11) is 1.64. The number of ether oxygens (including phenoxy) is 2. The van der Waals surface area contributed by atoms with Crippen LogP contribution in [0.15, 0.2) is 0 Å². The molecule has 4 heteroatoms. The van der Waals surface area contributed by atoms with Crippen LogP contribution in [0.3, 0.4) is 0 Å². The molecule has 0 fully saturated rings. The predicted octanol–water partition coefficient (Wildman–Crippen LogP) is 0.579. The molecule has 74 valence electrons. The highest BCUT2D eigenvalue weighted by Gasteiger charge is 1.91. The molecule has 0 radical (unpaired) electrons. The van der Waals surface area contributed by atoms with E-state index in [4.69, 9.17) is 14.3 Å². The predicted molar refractivity (Wildman–Crippen MR) is 46.9 cm³/mol. The molecular weight excluding hydrogens is 158 g/mol. The number of rotatable bonds is 8. The van der Waals surface area contributed by atoms with Crippen LogP contribution in [0, 0.1) is 0 Å². The van der Waals surface area contributed by atoms with Gasteiger partial charge in [0.15, 0.2) is 0 Å². The Labute approximate surface area is 74.1 Å². The number of hydrogen-bond donors (Lipinski definition) is 1. The molecule has 12 heavy (non-hydrogen) atoms. The molecule has 4 nitrogen and oxygen atoms in total. The van der Waals surface area contributed by atoms with Crippen molar-refractivity contribution < 1.29 is 14.3 Å². The Bertz CT molecular complexity index is 88.4. The maximum Gasteiger partial charge on any atom is 0.0915 e. The first kappa shape index (κ1) is 11.8. The second-order valence-electron chi connectivity index (χ2n) is 2.66. The third kappa shape index (κ3) is 9.84. The van der Waals surface area contributed by atoms with Crippen molar-refractivity contribution in [1.29, 1.82) is 0 Å². The van der Waals surface area contributed by atoms with Crippen LogP contribution in [0.2, 0.25) is 0 Å². The first-order valence-electron chi connectivity index (χ1n) is 4.22. The van der Waals surface area contributed by atoms with E-state index in [0.29, 0.717) is 26.4 Å². The van der Waals surface area contributed by atoms with E-state index >= 15 is 0 Å². The largest absolute Gasteiger partial charge is 0.382 e. The van der Waals surface area contributed by atoms with Crippen LogP contribution in [0.25, 0.3) is 0 Å². The van der Waals surface area contributed by atoms with Gasteiger partial charge in [0.1, 0.15) is 0 Å². The maximum atomic E-state index is 5.27. The van der Waals surface area contributed by atoms with Gasteiger partial charge in [-0.3, -0.25) is 4.84 Å². The molecule has 0 bridgehead atoms. The van der Waals surface area contributed by atoms with E-state index in [0.717, 1.165) is 0 Å². The van der Waals surface area contributed by atoms with Crippen LogP contribution in [-0.2, 0) is 14.3 Å². The first-order valence-corrected chi connectivity index (χ1v) is 4.22. The Morgan fingerprint density at radius 1 is 1.17 bits per heavy atom. The average Bonchev–Trinajstić information content (AvgIpc) is 2.02. The molecule has 0 saturated heterocycles. The molecular formula is C8H19NO3. The van der Waals surface area contributed by atoms with Crippen molar-refractivity contribution in [2.75, 3.05) is 33.5 Å². The standard InChI is InChI=1S/C8H19NO3/c1-8(2)11-5-4-9-12-7-6-10-3/h8-9H,4-7H2,1-3H3. The molecule has 0 rings (SSSR count). The second kappa shape index (κ2) is 8.93. The van der Waals surface area contributed by atoms with Gasteiger partial charge in [-0.25, -0.2) is 5.48 Å². The lowest BCUT2D eigenvalue weighted by molar-refractivity contribution is -0.0120. The number of nitrogens with one attached hydrogen (secondary N) is 1. The highest BCUT2D eigenvalue weighted by atomic mass is 16.7. The molecule has 0 heterocycles. The van der Waals surface area contributed by atoms with E-state index < -0.39 is 0 Å². The Hall–Kier alpha value is -0.160. The summed E-state index contributed by atoms with van der Waals surface area (Å²) in [6, 6.07) is 0. The molecule has 0 aromatic heterocycles. The smallest absolute Gasteiger partial charge is 0.0915 e. The van der Waals surface area contributed by atoms with Crippen LogP contribution < -0.4 is 5.48 Å². The van der Waals surface area contributed by atoms with Gasteiger partial charge < -0.3 is 9.47 Å².